The number of pyridine rings is 1. The van der Waals surface area contributed by atoms with E-state index in [0.29, 0.717) is 17.3 Å². The van der Waals surface area contributed by atoms with Crippen molar-refractivity contribution in [2.24, 2.45) is 17.8 Å². The van der Waals surface area contributed by atoms with Gasteiger partial charge in [-0.05, 0) is 43.9 Å². The summed E-state index contributed by atoms with van der Waals surface area (Å²) in [5.74, 6) is 0.982. The summed E-state index contributed by atoms with van der Waals surface area (Å²) in [7, 11) is 1.85. The number of alkyl halides is 3. The monoisotopic (exact) mass is 431 g/mol. The van der Waals surface area contributed by atoms with E-state index in [2.05, 4.69) is 21.9 Å². The minimum Gasteiger partial charge on any atom is -0.382 e. The molecule has 0 bridgehead atoms. The van der Waals surface area contributed by atoms with E-state index < -0.39 is 11.9 Å². The molecule has 10 heteroatoms. The van der Waals surface area contributed by atoms with E-state index in [1.54, 1.807) is 30.6 Å². The van der Waals surface area contributed by atoms with Crippen molar-refractivity contribution in [3.8, 4) is 0 Å². The van der Waals surface area contributed by atoms with Gasteiger partial charge in [-0.15, -0.1) is 0 Å². The summed E-state index contributed by atoms with van der Waals surface area (Å²) >= 11 is 0. The summed E-state index contributed by atoms with van der Waals surface area (Å²) in [4.78, 5) is 12.7. The SMILES string of the molecule is C=Cc1ncn(C)c1C(N)=N[C@@H]1CCC[C@H](Nc2cccc3nc(C(F)(F)F)cn23)C1. The molecule has 31 heavy (non-hydrogen) atoms. The van der Waals surface area contributed by atoms with E-state index >= 15 is 0 Å². The minimum absolute atomic E-state index is 0.00606. The van der Waals surface area contributed by atoms with Gasteiger partial charge >= 0.3 is 6.18 Å². The first kappa shape index (κ1) is 21.0. The van der Waals surface area contributed by atoms with E-state index in [1.165, 1.54) is 4.40 Å². The molecule has 0 spiro atoms. The van der Waals surface area contributed by atoms with E-state index in [-0.39, 0.29) is 17.7 Å². The van der Waals surface area contributed by atoms with Crippen LogP contribution >= 0.6 is 0 Å². The average Bonchev–Trinajstić information content (AvgIpc) is 3.32. The van der Waals surface area contributed by atoms with Crippen molar-refractivity contribution in [2.45, 2.75) is 43.9 Å². The number of fused-ring (bicyclic) bond motifs is 1. The zero-order chi connectivity index (χ0) is 22.2. The molecule has 1 aliphatic carbocycles. The number of nitrogens with one attached hydrogen (secondary N) is 1. The maximum absolute atomic E-state index is 13.1. The second-order valence-corrected chi connectivity index (χ2v) is 7.73. The lowest BCUT2D eigenvalue weighted by atomic mass is 9.91. The van der Waals surface area contributed by atoms with E-state index in [1.807, 2.05) is 11.6 Å². The van der Waals surface area contributed by atoms with Crippen molar-refractivity contribution >= 4 is 23.4 Å². The lowest BCUT2D eigenvalue weighted by Crippen LogP contribution is -2.31. The highest BCUT2D eigenvalue weighted by Crippen LogP contribution is 2.30. The summed E-state index contributed by atoms with van der Waals surface area (Å²) in [6.07, 6.45) is 3.30. The second-order valence-electron chi connectivity index (χ2n) is 7.73. The quantitative estimate of drug-likeness (QED) is 0.475. The van der Waals surface area contributed by atoms with E-state index in [0.717, 1.165) is 37.6 Å². The number of aryl methyl sites for hydroxylation is 1. The van der Waals surface area contributed by atoms with Crippen LogP contribution in [-0.2, 0) is 13.2 Å². The standard InChI is InChI=1S/C21H24F3N7/c1-3-15-19(30(2)12-26-15)20(25)28-14-7-4-6-13(10-14)27-17-8-5-9-18-29-16(11-31(17)18)21(22,23)24/h3,5,8-9,11-14,27H,1,4,6-7,10H2,2H3,(H2,25,28)/t13-,14+/m0/s1. The number of imidazole rings is 2. The molecule has 0 aromatic carbocycles. The molecule has 7 nitrogen and oxygen atoms in total. The van der Waals surface area contributed by atoms with Crippen molar-refractivity contribution < 1.29 is 13.2 Å². The van der Waals surface area contributed by atoms with Crippen molar-refractivity contribution in [1.29, 1.82) is 0 Å². The molecule has 0 amide bonds. The Morgan fingerprint density at radius 1 is 1.35 bits per heavy atom. The zero-order valence-corrected chi connectivity index (χ0v) is 17.1. The molecule has 164 valence electrons. The highest BCUT2D eigenvalue weighted by atomic mass is 19.4. The fourth-order valence-corrected chi connectivity index (χ4v) is 4.05. The molecule has 3 heterocycles. The number of anilines is 1. The minimum atomic E-state index is -4.48. The molecule has 0 saturated heterocycles. The third kappa shape index (κ3) is 4.28. The molecule has 4 rings (SSSR count). The number of amidine groups is 1. The van der Waals surface area contributed by atoms with Gasteiger partial charge in [0, 0.05) is 19.3 Å². The number of aliphatic imine (C=N–C) groups is 1. The molecule has 2 atom stereocenters. The molecule has 3 aromatic rings. The predicted octanol–water partition coefficient (Wildman–Crippen LogP) is 3.86. The largest absolute Gasteiger partial charge is 0.434 e. The lowest BCUT2D eigenvalue weighted by molar-refractivity contribution is -0.140. The Balaban J connectivity index is 1.53. The van der Waals surface area contributed by atoms with Gasteiger partial charge in [0.1, 0.15) is 23.0 Å². The first-order valence-electron chi connectivity index (χ1n) is 10.1. The van der Waals surface area contributed by atoms with Crippen LogP contribution in [0.25, 0.3) is 11.7 Å². The summed E-state index contributed by atoms with van der Waals surface area (Å²) in [6, 6.07) is 5.07. The normalized spacial score (nSPS) is 20.2. The number of aromatic nitrogens is 4. The summed E-state index contributed by atoms with van der Waals surface area (Å²) in [6.45, 7) is 3.76. The Labute approximate surface area is 177 Å². The van der Waals surface area contributed by atoms with Crippen LogP contribution in [0, 0.1) is 0 Å². The van der Waals surface area contributed by atoms with Crippen LogP contribution in [0.4, 0.5) is 19.0 Å². The first-order chi connectivity index (χ1) is 14.8. The van der Waals surface area contributed by atoms with Crippen LogP contribution in [0.3, 0.4) is 0 Å². The van der Waals surface area contributed by atoms with Crippen LogP contribution in [0.1, 0.15) is 42.8 Å². The van der Waals surface area contributed by atoms with Gasteiger partial charge in [-0.2, -0.15) is 13.2 Å². The summed E-state index contributed by atoms with van der Waals surface area (Å²) < 4.78 is 42.4. The molecular weight excluding hydrogens is 407 g/mol. The van der Waals surface area contributed by atoms with Crippen molar-refractivity contribution in [3.05, 3.63) is 54.4 Å². The van der Waals surface area contributed by atoms with Crippen LogP contribution in [0.15, 0.2) is 42.3 Å². The van der Waals surface area contributed by atoms with Crippen LogP contribution < -0.4 is 11.1 Å². The second kappa shape index (κ2) is 8.09. The number of nitrogens with zero attached hydrogens (tertiary/aromatic N) is 5. The van der Waals surface area contributed by atoms with Crippen LogP contribution in [-0.4, -0.2) is 36.9 Å². The molecule has 3 N–H and O–H groups in total. The van der Waals surface area contributed by atoms with Crippen LogP contribution in [0.2, 0.25) is 0 Å². The van der Waals surface area contributed by atoms with Crippen LogP contribution in [0.5, 0.6) is 0 Å². The Morgan fingerprint density at radius 2 is 2.16 bits per heavy atom. The van der Waals surface area contributed by atoms with Gasteiger partial charge < -0.3 is 15.6 Å². The zero-order valence-electron chi connectivity index (χ0n) is 17.1. The van der Waals surface area contributed by atoms with Gasteiger partial charge in [-0.25, -0.2) is 9.97 Å². The Hall–Kier alpha value is -3.30. The Bertz CT molecular complexity index is 1130. The Morgan fingerprint density at radius 3 is 2.90 bits per heavy atom. The summed E-state index contributed by atoms with van der Waals surface area (Å²) in [5.41, 5.74) is 7.02. The van der Waals surface area contributed by atoms with E-state index in [9.17, 15) is 13.2 Å². The van der Waals surface area contributed by atoms with Gasteiger partial charge in [0.25, 0.3) is 0 Å². The molecule has 1 fully saturated rings. The van der Waals surface area contributed by atoms with Crippen molar-refractivity contribution in [1.82, 2.24) is 18.9 Å². The maximum atomic E-state index is 13.1. The predicted molar refractivity (Wildman–Crippen MR) is 114 cm³/mol. The first-order valence-corrected chi connectivity index (χ1v) is 10.1. The van der Waals surface area contributed by atoms with Gasteiger partial charge in [0.05, 0.1) is 18.1 Å². The topological polar surface area (TPSA) is 85.5 Å². The number of rotatable bonds is 5. The highest BCUT2D eigenvalue weighted by molar-refractivity contribution is 5.98. The lowest BCUT2D eigenvalue weighted by Gasteiger charge is -2.29. The van der Waals surface area contributed by atoms with Gasteiger partial charge in [-0.1, -0.05) is 12.6 Å². The van der Waals surface area contributed by atoms with E-state index in [4.69, 9.17) is 10.7 Å². The average molecular weight is 431 g/mol. The molecular formula is C21H24F3N7. The fraction of sp³-hybridized carbons (Fsp3) is 0.381. The fourth-order valence-electron chi connectivity index (χ4n) is 4.05. The number of halogens is 3. The van der Waals surface area contributed by atoms with Gasteiger partial charge in [0.15, 0.2) is 5.69 Å². The highest BCUT2D eigenvalue weighted by Gasteiger charge is 2.34. The Kier molecular flexibility index (Phi) is 5.47. The van der Waals surface area contributed by atoms with Gasteiger partial charge in [0.2, 0.25) is 0 Å². The smallest absolute Gasteiger partial charge is 0.382 e. The van der Waals surface area contributed by atoms with Crippen molar-refractivity contribution in [3.63, 3.8) is 0 Å². The molecule has 1 aliphatic rings. The number of hydrogen-bond donors (Lipinski definition) is 2. The molecule has 3 aromatic heterocycles. The maximum Gasteiger partial charge on any atom is 0.434 e. The summed E-state index contributed by atoms with van der Waals surface area (Å²) in [5, 5.41) is 3.37. The molecule has 1 saturated carbocycles. The number of nitrogens with two attached hydrogens (primary N) is 1. The molecule has 0 aliphatic heterocycles. The third-order valence-electron chi connectivity index (χ3n) is 5.50. The molecule has 0 radical (unpaired) electrons. The van der Waals surface area contributed by atoms with Crippen molar-refractivity contribution in [2.75, 3.05) is 5.32 Å². The molecule has 0 unspecified atom stereocenters. The van der Waals surface area contributed by atoms with Gasteiger partial charge in [-0.3, -0.25) is 9.39 Å². The third-order valence-corrected chi connectivity index (χ3v) is 5.50. The number of hydrogen-bond acceptors (Lipinski definition) is 4.